The molecule has 0 rings (SSSR count). The average molecular weight is 146 g/mol. The Hall–Kier alpha value is -0.610. The molecule has 0 saturated heterocycles. The summed E-state index contributed by atoms with van der Waals surface area (Å²) < 4.78 is 0. The molecule has 4 nitrogen and oxygen atoms in total. The first-order valence-corrected chi connectivity index (χ1v) is 3.28. The van der Waals surface area contributed by atoms with E-state index < -0.39 is 12.0 Å². The first kappa shape index (κ1) is 9.39. The van der Waals surface area contributed by atoms with Crippen LogP contribution in [0, 0.1) is 5.92 Å². The molecule has 0 aromatic carbocycles. The van der Waals surface area contributed by atoms with Gasteiger partial charge >= 0.3 is 5.97 Å². The topological polar surface area (TPSA) is 89.3 Å². The highest BCUT2D eigenvalue weighted by molar-refractivity contribution is 5.73. The molecule has 0 bridgehead atoms. The van der Waals surface area contributed by atoms with Gasteiger partial charge in [0.1, 0.15) is 6.04 Å². The molecule has 0 aromatic heterocycles. The van der Waals surface area contributed by atoms with Crippen LogP contribution < -0.4 is 11.5 Å². The van der Waals surface area contributed by atoms with E-state index in [1.54, 1.807) is 6.92 Å². The number of aliphatic carboxylic acids is 1. The number of nitrogens with two attached hydrogens (primary N) is 2. The number of carboxylic acid groups (broad SMARTS) is 1. The Bertz CT molecular complexity index is 116. The van der Waals surface area contributed by atoms with Gasteiger partial charge < -0.3 is 16.6 Å². The largest absolute Gasteiger partial charge is 0.480 e. The van der Waals surface area contributed by atoms with Gasteiger partial charge in [-0.25, -0.2) is 0 Å². The third-order valence-corrected chi connectivity index (χ3v) is 1.52. The normalized spacial score (nSPS) is 16.3. The van der Waals surface area contributed by atoms with E-state index in [9.17, 15) is 4.79 Å². The lowest BCUT2D eigenvalue weighted by Gasteiger charge is -2.13. The third kappa shape index (κ3) is 2.80. The number of carbonyl (C=O) groups is 1. The minimum Gasteiger partial charge on any atom is -0.480 e. The molecule has 0 heterocycles. The molecule has 0 aliphatic rings. The standard InChI is InChI=1S/C6H14N2O2/c1-4(2-3-7)5(8)6(9)10/h4-5H,2-3,7-8H2,1H3,(H,9,10). The molecule has 0 aliphatic carbocycles. The number of hydrogen-bond acceptors (Lipinski definition) is 3. The van der Waals surface area contributed by atoms with Crippen molar-refractivity contribution in [3.63, 3.8) is 0 Å². The van der Waals surface area contributed by atoms with Crippen LogP contribution in [0.3, 0.4) is 0 Å². The van der Waals surface area contributed by atoms with Gasteiger partial charge in [-0.15, -0.1) is 0 Å². The van der Waals surface area contributed by atoms with Crippen LogP contribution in [0.5, 0.6) is 0 Å². The third-order valence-electron chi connectivity index (χ3n) is 1.52. The maximum Gasteiger partial charge on any atom is 0.320 e. The molecule has 60 valence electrons. The minimum absolute atomic E-state index is 0.0394. The van der Waals surface area contributed by atoms with Crippen molar-refractivity contribution in [3.8, 4) is 0 Å². The predicted octanol–water partition coefficient (Wildman–Crippen LogP) is -0.617. The molecule has 10 heavy (non-hydrogen) atoms. The lowest BCUT2D eigenvalue weighted by Crippen LogP contribution is -2.37. The molecule has 0 aromatic rings. The monoisotopic (exact) mass is 146 g/mol. The summed E-state index contributed by atoms with van der Waals surface area (Å²) in [4.78, 5) is 10.2. The number of carboxylic acids is 1. The Balaban J connectivity index is 3.69. The number of rotatable bonds is 4. The second kappa shape index (κ2) is 4.24. The van der Waals surface area contributed by atoms with Crippen molar-refractivity contribution in [2.45, 2.75) is 19.4 Å². The van der Waals surface area contributed by atoms with Gasteiger partial charge in [-0.3, -0.25) is 4.79 Å². The van der Waals surface area contributed by atoms with Gasteiger partial charge in [0.2, 0.25) is 0 Å². The van der Waals surface area contributed by atoms with Crippen LogP contribution in [-0.4, -0.2) is 23.7 Å². The van der Waals surface area contributed by atoms with E-state index in [0.717, 1.165) is 0 Å². The molecule has 0 radical (unpaired) electrons. The van der Waals surface area contributed by atoms with E-state index in [2.05, 4.69) is 0 Å². The van der Waals surface area contributed by atoms with Crippen molar-refractivity contribution in [2.24, 2.45) is 17.4 Å². The molecule has 0 aliphatic heterocycles. The van der Waals surface area contributed by atoms with Crippen LogP contribution in [0.15, 0.2) is 0 Å². The fourth-order valence-electron chi connectivity index (χ4n) is 0.686. The van der Waals surface area contributed by atoms with Crippen molar-refractivity contribution in [1.82, 2.24) is 0 Å². The van der Waals surface area contributed by atoms with E-state index in [4.69, 9.17) is 16.6 Å². The summed E-state index contributed by atoms with van der Waals surface area (Å²) in [5.74, 6) is -0.997. The maximum absolute atomic E-state index is 10.2. The van der Waals surface area contributed by atoms with Gasteiger partial charge in [-0.1, -0.05) is 6.92 Å². The van der Waals surface area contributed by atoms with Crippen LogP contribution in [0.2, 0.25) is 0 Å². The van der Waals surface area contributed by atoms with Crippen LogP contribution in [0.25, 0.3) is 0 Å². The van der Waals surface area contributed by atoms with Crippen LogP contribution in [0.1, 0.15) is 13.3 Å². The highest BCUT2D eigenvalue weighted by Gasteiger charge is 2.18. The molecule has 0 amide bonds. The van der Waals surface area contributed by atoms with E-state index in [0.29, 0.717) is 13.0 Å². The molecule has 0 spiro atoms. The Kier molecular flexibility index (Phi) is 3.99. The first-order valence-electron chi connectivity index (χ1n) is 3.28. The van der Waals surface area contributed by atoms with Crippen molar-refractivity contribution in [1.29, 1.82) is 0 Å². The van der Waals surface area contributed by atoms with Gasteiger partial charge in [-0.05, 0) is 18.9 Å². The van der Waals surface area contributed by atoms with Crippen LogP contribution in [-0.2, 0) is 4.79 Å². The van der Waals surface area contributed by atoms with Crippen molar-refractivity contribution in [3.05, 3.63) is 0 Å². The molecule has 2 unspecified atom stereocenters. The summed E-state index contributed by atoms with van der Waals surface area (Å²) >= 11 is 0. The SMILES string of the molecule is CC(CCN)C(N)C(=O)O. The molecule has 5 N–H and O–H groups in total. The molecule has 0 saturated carbocycles. The quantitative estimate of drug-likeness (QED) is 0.493. The van der Waals surface area contributed by atoms with E-state index in [1.165, 1.54) is 0 Å². The zero-order valence-electron chi connectivity index (χ0n) is 6.08. The maximum atomic E-state index is 10.2. The number of hydrogen-bond donors (Lipinski definition) is 3. The lowest BCUT2D eigenvalue weighted by atomic mass is 10.00. The fourth-order valence-corrected chi connectivity index (χ4v) is 0.686. The van der Waals surface area contributed by atoms with E-state index in [1.807, 2.05) is 0 Å². The fraction of sp³-hybridized carbons (Fsp3) is 0.833. The highest BCUT2D eigenvalue weighted by atomic mass is 16.4. The predicted molar refractivity (Wildman–Crippen MR) is 38.4 cm³/mol. The summed E-state index contributed by atoms with van der Waals surface area (Å²) in [5.41, 5.74) is 10.5. The summed E-state index contributed by atoms with van der Waals surface area (Å²) in [6, 6.07) is -0.774. The van der Waals surface area contributed by atoms with Gasteiger partial charge in [-0.2, -0.15) is 0 Å². The summed E-state index contributed by atoms with van der Waals surface area (Å²) in [7, 11) is 0. The highest BCUT2D eigenvalue weighted by Crippen LogP contribution is 2.04. The second-order valence-corrected chi connectivity index (χ2v) is 2.42. The summed E-state index contributed by atoms with van der Waals surface area (Å²) in [6.07, 6.45) is 0.660. The summed E-state index contributed by atoms with van der Waals surface area (Å²) in [6.45, 7) is 2.27. The lowest BCUT2D eigenvalue weighted by molar-refractivity contribution is -0.139. The first-order chi connectivity index (χ1) is 4.59. The Morgan fingerprint density at radius 2 is 2.20 bits per heavy atom. The van der Waals surface area contributed by atoms with Crippen molar-refractivity contribution in [2.75, 3.05) is 6.54 Å². The van der Waals surface area contributed by atoms with Gasteiger partial charge in [0, 0.05) is 0 Å². The van der Waals surface area contributed by atoms with Gasteiger partial charge in [0.05, 0.1) is 0 Å². The molecule has 0 fully saturated rings. The average Bonchev–Trinajstić information content (AvgIpc) is 1.87. The van der Waals surface area contributed by atoms with E-state index >= 15 is 0 Å². The Morgan fingerprint density at radius 3 is 2.50 bits per heavy atom. The summed E-state index contributed by atoms with van der Waals surface area (Å²) in [5, 5.41) is 8.41. The smallest absolute Gasteiger partial charge is 0.320 e. The second-order valence-electron chi connectivity index (χ2n) is 2.42. The van der Waals surface area contributed by atoms with Crippen molar-refractivity contribution < 1.29 is 9.90 Å². The Labute approximate surface area is 60.2 Å². The zero-order valence-corrected chi connectivity index (χ0v) is 6.08. The van der Waals surface area contributed by atoms with Crippen LogP contribution >= 0.6 is 0 Å². The van der Waals surface area contributed by atoms with E-state index in [-0.39, 0.29) is 5.92 Å². The van der Waals surface area contributed by atoms with Crippen molar-refractivity contribution >= 4 is 5.97 Å². The Morgan fingerprint density at radius 1 is 1.70 bits per heavy atom. The molecule has 4 heteroatoms. The van der Waals surface area contributed by atoms with Crippen LogP contribution in [0.4, 0.5) is 0 Å². The molecular weight excluding hydrogens is 132 g/mol. The molecule has 2 atom stereocenters. The molecular formula is C6H14N2O2. The van der Waals surface area contributed by atoms with Gasteiger partial charge in [0.15, 0.2) is 0 Å². The minimum atomic E-state index is -0.957. The van der Waals surface area contributed by atoms with Gasteiger partial charge in [0.25, 0.3) is 0 Å². The zero-order chi connectivity index (χ0) is 8.15.